The number of amides is 3. The molecule has 0 bridgehead atoms. The van der Waals surface area contributed by atoms with Gasteiger partial charge in [0, 0.05) is 12.2 Å². The summed E-state index contributed by atoms with van der Waals surface area (Å²) in [6, 6.07) is 4.98. The molecule has 4 atom stereocenters. The van der Waals surface area contributed by atoms with Crippen LogP contribution in [0.4, 0.5) is 0 Å². The van der Waals surface area contributed by atoms with Crippen molar-refractivity contribution in [2.45, 2.75) is 43.9 Å². The fourth-order valence-corrected chi connectivity index (χ4v) is 3.32. The number of carboxylic acid groups (broad SMARTS) is 1. The molecule has 6 N–H and O–H groups in total. The van der Waals surface area contributed by atoms with Crippen molar-refractivity contribution in [2.75, 3.05) is 17.8 Å². The van der Waals surface area contributed by atoms with Crippen molar-refractivity contribution in [3.63, 3.8) is 0 Å². The van der Waals surface area contributed by atoms with E-state index in [4.69, 9.17) is 5.73 Å². The molecule has 1 rings (SSSR count). The van der Waals surface area contributed by atoms with Crippen LogP contribution in [0.15, 0.2) is 30.3 Å². The number of carboxylic acids is 1. The van der Waals surface area contributed by atoms with Gasteiger partial charge in [-0.15, -0.1) is 0 Å². The fraction of sp³-hybridized carbons (Fsp3) is 0.500. The number of aliphatic carboxylic acids is 1. The number of benzene rings is 1. The van der Waals surface area contributed by atoms with Crippen LogP contribution in [0.1, 0.15) is 18.9 Å². The molecular formula is C20H30N4O5S2. The number of rotatable bonds is 13. The first-order valence-corrected chi connectivity index (χ1v) is 11.7. The summed E-state index contributed by atoms with van der Waals surface area (Å²) in [6.45, 7) is 1.43. The number of thioether (sulfide) groups is 1. The van der Waals surface area contributed by atoms with Crippen molar-refractivity contribution < 1.29 is 24.3 Å². The highest BCUT2D eigenvalue weighted by Gasteiger charge is 2.27. The van der Waals surface area contributed by atoms with Gasteiger partial charge in [-0.1, -0.05) is 30.3 Å². The molecule has 0 aliphatic heterocycles. The number of nitrogens with one attached hydrogen (secondary N) is 3. The van der Waals surface area contributed by atoms with Crippen LogP contribution in [0.2, 0.25) is 0 Å². The molecule has 1 aromatic carbocycles. The van der Waals surface area contributed by atoms with Gasteiger partial charge in [0.05, 0.1) is 6.04 Å². The van der Waals surface area contributed by atoms with E-state index in [0.29, 0.717) is 12.2 Å². The predicted molar refractivity (Wildman–Crippen MR) is 124 cm³/mol. The number of hydrogen-bond acceptors (Lipinski definition) is 7. The summed E-state index contributed by atoms with van der Waals surface area (Å²) in [6.07, 6.45) is 2.46. The third kappa shape index (κ3) is 9.62. The molecule has 0 aromatic heterocycles. The van der Waals surface area contributed by atoms with Gasteiger partial charge in [0.25, 0.3) is 0 Å². The molecule has 0 aliphatic rings. The molecule has 9 nitrogen and oxygen atoms in total. The number of nitrogens with two attached hydrogens (primary N) is 1. The summed E-state index contributed by atoms with van der Waals surface area (Å²) in [4.78, 5) is 48.5. The minimum Gasteiger partial charge on any atom is -0.480 e. The Labute approximate surface area is 191 Å². The maximum Gasteiger partial charge on any atom is 0.326 e. The summed E-state index contributed by atoms with van der Waals surface area (Å²) < 4.78 is 0. The number of hydrogen-bond donors (Lipinski definition) is 6. The minimum absolute atomic E-state index is 0.00686. The van der Waals surface area contributed by atoms with Crippen molar-refractivity contribution in [2.24, 2.45) is 5.73 Å². The van der Waals surface area contributed by atoms with Crippen molar-refractivity contribution in [1.82, 2.24) is 16.0 Å². The maximum atomic E-state index is 12.5. The zero-order valence-corrected chi connectivity index (χ0v) is 19.2. The monoisotopic (exact) mass is 470 g/mol. The molecule has 0 unspecified atom stereocenters. The first-order valence-electron chi connectivity index (χ1n) is 9.72. The van der Waals surface area contributed by atoms with Crippen molar-refractivity contribution >= 4 is 48.1 Å². The Bertz CT molecular complexity index is 750. The van der Waals surface area contributed by atoms with E-state index in [1.165, 1.54) is 6.92 Å². The van der Waals surface area contributed by atoms with Gasteiger partial charge in [0.15, 0.2) is 0 Å². The molecule has 0 spiro atoms. The summed E-state index contributed by atoms with van der Waals surface area (Å²) in [5.74, 6) is -2.22. The molecule has 0 radical (unpaired) electrons. The lowest BCUT2D eigenvalue weighted by atomic mass is 10.1. The second-order valence-corrected chi connectivity index (χ2v) is 8.30. The van der Waals surface area contributed by atoms with Gasteiger partial charge >= 0.3 is 5.97 Å². The Morgan fingerprint density at radius 1 is 1.03 bits per heavy atom. The van der Waals surface area contributed by atoms with E-state index < -0.39 is 47.9 Å². The summed E-state index contributed by atoms with van der Waals surface area (Å²) >= 11 is 5.64. The molecule has 1 aromatic rings. The second kappa shape index (κ2) is 13.9. The fourth-order valence-electron chi connectivity index (χ4n) is 2.57. The van der Waals surface area contributed by atoms with Crippen molar-refractivity contribution in [3.8, 4) is 0 Å². The van der Waals surface area contributed by atoms with Crippen molar-refractivity contribution in [3.05, 3.63) is 35.9 Å². The molecule has 172 valence electrons. The van der Waals surface area contributed by atoms with E-state index >= 15 is 0 Å². The van der Waals surface area contributed by atoms with Gasteiger partial charge in [0.2, 0.25) is 17.7 Å². The van der Waals surface area contributed by atoms with E-state index in [1.807, 2.05) is 12.3 Å². The Morgan fingerprint density at radius 2 is 1.65 bits per heavy atom. The molecule has 31 heavy (non-hydrogen) atoms. The van der Waals surface area contributed by atoms with E-state index in [1.54, 1.807) is 36.0 Å². The van der Waals surface area contributed by atoms with Crippen LogP contribution >= 0.6 is 24.4 Å². The normalized spacial score (nSPS) is 14.6. The second-order valence-electron chi connectivity index (χ2n) is 6.95. The zero-order valence-electron chi connectivity index (χ0n) is 17.5. The first-order chi connectivity index (χ1) is 14.7. The van der Waals surface area contributed by atoms with E-state index in [2.05, 4.69) is 28.6 Å². The predicted octanol–water partition coefficient (Wildman–Crippen LogP) is -0.202. The molecular weight excluding hydrogens is 440 g/mol. The van der Waals surface area contributed by atoms with E-state index in [9.17, 15) is 24.3 Å². The SMILES string of the molecule is CSCC[C@H](N)C(=O)N[C@@H](CS)C(=O)N[C@@H](C)C(=O)N[C@@H](Cc1ccccc1)C(=O)O. The summed E-state index contributed by atoms with van der Waals surface area (Å²) in [5.41, 5.74) is 6.55. The minimum atomic E-state index is -1.18. The van der Waals surface area contributed by atoms with Crippen LogP contribution in [0.25, 0.3) is 0 Å². The number of carbonyl (C=O) groups is 4. The highest BCUT2D eigenvalue weighted by molar-refractivity contribution is 7.98. The van der Waals surface area contributed by atoms with Crippen molar-refractivity contribution in [1.29, 1.82) is 0 Å². The third-order valence-corrected chi connectivity index (χ3v) is 5.44. The standard InChI is InChI=1S/C20H30N4O5S2/c1-12(17(25)23-15(20(28)29)10-13-6-4-3-5-7-13)22-19(27)16(11-30)24-18(26)14(21)8-9-31-2/h3-7,12,14-16,30H,8-11,21H2,1-2H3,(H,22,27)(H,23,25)(H,24,26)(H,28,29)/t12-,14-,15-,16-/m0/s1. The highest BCUT2D eigenvalue weighted by Crippen LogP contribution is 2.04. The van der Waals surface area contributed by atoms with Gasteiger partial charge in [-0.25, -0.2) is 4.79 Å². The summed E-state index contributed by atoms with van der Waals surface area (Å²) in [5, 5.41) is 16.8. The average Bonchev–Trinajstić information content (AvgIpc) is 2.75. The van der Waals surface area contributed by atoms with Crippen LogP contribution in [-0.4, -0.2) is 70.7 Å². The Morgan fingerprint density at radius 3 is 2.19 bits per heavy atom. The molecule has 0 saturated heterocycles. The quantitative estimate of drug-likeness (QED) is 0.219. The Kier molecular flexibility index (Phi) is 12.1. The third-order valence-electron chi connectivity index (χ3n) is 4.43. The lowest BCUT2D eigenvalue weighted by Gasteiger charge is -2.22. The summed E-state index contributed by atoms with van der Waals surface area (Å²) in [7, 11) is 0. The van der Waals surface area contributed by atoms with Gasteiger partial charge < -0.3 is 26.8 Å². The smallest absolute Gasteiger partial charge is 0.326 e. The van der Waals surface area contributed by atoms with Crippen LogP contribution in [0, 0.1) is 0 Å². The lowest BCUT2D eigenvalue weighted by molar-refractivity contribution is -0.142. The Balaban J connectivity index is 2.64. The van der Waals surface area contributed by atoms with E-state index in [0.717, 1.165) is 5.56 Å². The molecule has 0 aliphatic carbocycles. The molecule has 0 saturated carbocycles. The maximum absolute atomic E-state index is 12.5. The highest BCUT2D eigenvalue weighted by atomic mass is 32.2. The molecule has 0 heterocycles. The lowest BCUT2D eigenvalue weighted by Crippen LogP contribution is -2.57. The number of carbonyl (C=O) groups excluding carboxylic acids is 3. The topological polar surface area (TPSA) is 151 Å². The van der Waals surface area contributed by atoms with Crippen LogP contribution < -0.4 is 21.7 Å². The van der Waals surface area contributed by atoms with Crippen LogP contribution in [0.3, 0.4) is 0 Å². The molecule has 0 fully saturated rings. The van der Waals surface area contributed by atoms with Crippen LogP contribution in [-0.2, 0) is 25.6 Å². The van der Waals surface area contributed by atoms with Gasteiger partial charge in [-0.05, 0) is 30.9 Å². The van der Waals surface area contributed by atoms with E-state index in [-0.39, 0.29) is 12.2 Å². The zero-order chi connectivity index (χ0) is 23.4. The van der Waals surface area contributed by atoms with Gasteiger partial charge in [0.1, 0.15) is 18.1 Å². The van der Waals surface area contributed by atoms with Crippen LogP contribution in [0.5, 0.6) is 0 Å². The first kappa shape index (κ1) is 26.8. The molecule has 3 amide bonds. The largest absolute Gasteiger partial charge is 0.480 e. The Hall–Kier alpha value is -2.24. The van der Waals surface area contributed by atoms with Gasteiger partial charge in [-0.3, -0.25) is 14.4 Å². The number of thiol groups is 1. The molecule has 11 heteroatoms. The average molecular weight is 471 g/mol. The van der Waals surface area contributed by atoms with Gasteiger partial charge in [-0.2, -0.15) is 24.4 Å².